The average Bonchev–Trinajstić information content (AvgIpc) is 2.93. The zero-order valence-electron chi connectivity index (χ0n) is 11.8. The van der Waals surface area contributed by atoms with Gasteiger partial charge in [0.05, 0.1) is 11.3 Å². The van der Waals surface area contributed by atoms with Crippen LogP contribution in [0.2, 0.25) is 0 Å². The largest absolute Gasteiger partial charge is 0.302 e. The minimum atomic E-state index is -0.670. The molecule has 3 rings (SSSR count). The fourth-order valence-corrected chi connectivity index (χ4v) is 2.61. The molecule has 0 fully saturated rings. The summed E-state index contributed by atoms with van der Waals surface area (Å²) < 4.78 is 15.8. The number of halogens is 1. The van der Waals surface area contributed by atoms with Crippen LogP contribution in [0.4, 0.5) is 10.1 Å². The van der Waals surface area contributed by atoms with Gasteiger partial charge < -0.3 is 4.90 Å². The lowest BCUT2D eigenvalue weighted by atomic mass is 10.1. The van der Waals surface area contributed by atoms with Crippen LogP contribution in [0.3, 0.4) is 0 Å². The molecule has 21 heavy (non-hydrogen) atoms. The van der Waals surface area contributed by atoms with Gasteiger partial charge in [-0.05, 0) is 30.7 Å². The highest BCUT2D eigenvalue weighted by Gasteiger charge is 2.38. The second-order valence-electron chi connectivity index (χ2n) is 5.12. The number of amides is 1. The molecular weight excluding hydrogens is 273 g/mol. The molecule has 0 radical (unpaired) electrons. The normalized spacial score (nSPS) is 14.0. The van der Waals surface area contributed by atoms with E-state index in [1.165, 1.54) is 11.0 Å². The molecule has 1 aromatic heterocycles. The number of aryl methyl sites for hydroxylation is 2. The van der Waals surface area contributed by atoms with E-state index in [2.05, 4.69) is 5.10 Å². The Hall–Kier alpha value is -2.50. The van der Waals surface area contributed by atoms with E-state index in [1.54, 1.807) is 30.9 Å². The van der Waals surface area contributed by atoms with Crippen molar-refractivity contribution < 1.29 is 14.0 Å². The summed E-state index contributed by atoms with van der Waals surface area (Å²) in [5, 5.41) is 4.04. The van der Waals surface area contributed by atoms with Crippen LogP contribution in [-0.2, 0) is 18.3 Å². The van der Waals surface area contributed by atoms with Gasteiger partial charge in [0.15, 0.2) is 0 Å². The van der Waals surface area contributed by atoms with Crippen LogP contribution in [0.15, 0.2) is 24.4 Å². The number of aromatic nitrogens is 2. The summed E-state index contributed by atoms with van der Waals surface area (Å²) in [4.78, 5) is 25.2. The summed E-state index contributed by atoms with van der Waals surface area (Å²) in [6.45, 7) is 1.94. The first-order valence-corrected chi connectivity index (χ1v) is 6.62. The SMILES string of the molecule is Cc1cc(F)c2c(c1)C(=O)C(=O)N2CCc1ccnn1C. The second-order valence-corrected chi connectivity index (χ2v) is 5.12. The van der Waals surface area contributed by atoms with Crippen molar-refractivity contribution in [1.29, 1.82) is 0 Å². The number of carbonyl (C=O) groups is 2. The molecule has 108 valence electrons. The molecule has 0 unspecified atom stereocenters. The van der Waals surface area contributed by atoms with Gasteiger partial charge in [-0.15, -0.1) is 0 Å². The van der Waals surface area contributed by atoms with E-state index in [1.807, 2.05) is 6.07 Å². The fraction of sp³-hybridized carbons (Fsp3) is 0.267. The average molecular weight is 287 g/mol. The minimum absolute atomic E-state index is 0.0952. The van der Waals surface area contributed by atoms with E-state index in [0.29, 0.717) is 12.0 Å². The molecule has 0 bridgehead atoms. The number of ketones is 1. The molecule has 2 heterocycles. The predicted octanol–water partition coefficient (Wildman–Crippen LogP) is 1.64. The first kappa shape index (κ1) is 13.5. The van der Waals surface area contributed by atoms with Crippen molar-refractivity contribution >= 4 is 17.4 Å². The van der Waals surface area contributed by atoms with Crippen molar-refractivity contribution in [3.05, 3.63) is 47.0 Å². The zero-order valence-corrected chi connectivity index (χ0v) is 11.8. The maximum atomic E-state index is 14.1. The molecule has 1 aromatic carbocycles. The summed E-state index contributed by atoms with van der Waals surface area (Å²) in [7, 11) is 1.80. The number of rotatable bonds is 3. The van der Waals surface area contributed by atoms with Crippen molar-refractivity contribution in [2.75, 3.05) is 11.4 Å². The van der Waals surface area contributed by atoms with Crippen LogP contribution in [-0.4, -0.2) is 28.0 Å². The Morgan fingerprint density at radius 1 is 1.29 bits per heavy atom. The van der Waals surface area contributed by atoms with Crippen LogP contribution in [0, 0.1) is 12.7 Å². The monoisotopic (exact) mass is 287 g/mol. The minimum Gasteiger partial charge on any atom is -0.302 e. The lowest BCUT2D eigenvalue weighted by Gasteiger charge is -2.17. The quantitative estimate of drug-likeness (QED) is 0.806. The molecule has 0 saturated heterocycles. The van der Waals surface area contributed by atoms with Gasteiger partial charge >= 0.3 is 0 Å². The fourth-order valence-electron chi connectivity index (χ4n) is 2.61. The summed E-state index contributed by atoms with van der Waals surface area (Å²) in [5.41, 5.74) is 1.79. The van der Waals surface area contributed by atoms with Gasteiger partial charge in [-0.25, -0.2) is 4.39 Å². The Labute approximate surface area is 121 Å². The molecule has 5 nitrogen and oxygen atoms in total. The van der Waals surface area contributed by atoms with Gasteiger partial charge in [0.25, 0.3) is 11.7 Å². The topological polar surface area (TPSA) is 55.2 Å². The van der Waals surface area contributed by atoms with E-state index in [9.17, 15) is 14.0 Å². The van der Waals surface area contributed by atoms with E-state index in [0.717, 1.165) is 5.69 Å². The van der Waals surface area contributed by atoms with Crippen LogP contribution in [0.25, 0.3) is 0 Å². The molecule has 0 saturated carbocycles. The molecule has 1 amide bonds. The van der Waals surface area contributed by atoms with E-state index < -0.39 is 17.5 Å². The van der Waals surface area contributed by atoms with Gasteiger partial charge in [0, 0.05) is 31.9 Å². The third kappa shape index (κ3) is 2.12. The van der Waals surface area contributed by atoms with Gasteiger partial charge in [-0.1, -0.05) is 0 Å². The van der Waals surface area contributed by atoms with Crippen LogP contribution < -0.4 is 4.90 Å². The Balaban J connectivity index is 1.93. The van der Waals surface area contributed by atoms with E-state index in [4.69, 9.17) is 0 Å². The number of hydrogen-bond donors (Lipinski definition) is 0. The van der Waals surface area contributed by atoms with Crippen LogP contribution in [0.1, 0.15) is 21.6 Å². The van der Waals surface area contributed by atoms with Gasteiger partial charge in [0.1, 0.15) is 5.82 Å². The van der Waals surface area contributed by atoms with Crippen LogP contribution >= 0.6 is 0 Å². The highest BCUT2D eigenvalue weighted by atomic mass is 19.1. The number of anilines is 1. The number of nitrogens with zero attached hydrogens (tertiary/aromatic N) is 3. The molecule has 0 spiro atoms. The number of carbonyl (C=O) groups excluding carboxylic acids is 2. The molecular formula is C15H14FN3O2. The van der Waals surface area contributed by atoms with Crippen molar-refractivity contribution in [2.24, 2.45) is 7.05 Å². The highest BCUT2D eigenvalue weighted by molar-refractivity contribution is 6.52. The summed E-state index contributed by atoms with van der Waals surface area (Å²) >= 11 is 0. The van der Waals surface area contributed by atoms with Gasteiger partial charge in [-0.3, -0.25) is 14.3 Å². The Kier molecular flexibility index (Phi) is 3.08. The molecule has 0 aliphatic carbocycles. The maximum Gasteiger partial charge on any atom is 0.299 e. The first-order chi connectivity index (χ1) is 9.99. The molecule has 2 aromatic rings. The summed E-state index contributed by atoms with van der Waals surface area (Å²) in [5.74, 6) is -1.84. The van der Waals surface area contributed by atoms with Crippen LogP contribution in [0.5, 0.6) is 0 Å². The number of benzene rings is 1. The molecule has 1 aliphatic rings. The third-order valence-corrected chi connectivity index (χ3v) is 3.68. The standard InChI is InChI=1S/C15H14FN3O2/c1-9-7-11-13(12(16)8-9)19(15(21)14(11)20)6-4-10-3-5-17-18(10)2/h3,5,7-8H,4,6H2,1-2H3. The van der Waals surface area contributed by atoms with Crippen molar-refractivity contribution in [3.8, 4) is 0 Å². The van der Waals surface area contributed by atoms with Crippen molar-refractivity contribution in [1.82, 2.24) is 9.78 Å². The van der Waals surface area contributed by atoms with Gasteiger partial charge in [-0.2, -0.15) is 5.10 Å². The van der Waals surface area contributed by atoms with E-state index in [-0.39, 0.29) is 17.8 Å². The van der Waals surface area contributed by atoms with Gasteiger partial charge in [0.2, 0.25) is 0 Å². The van der Waals surface area contributed by atoms with E-state index >= 15 is 0 Å². The Bertz CT molecular complexity index is 751. The number of fused-ring (bicyclic) bond motifs is 1. The predicted molar refractivity (Wildman–Crippen MR) is 74.7 cm³/mol. The summed E-state index contributed by atoms with van der Waals surface area (Å²) in [6.07, 6.45) is 2.16. The first-order valence-electron chi connectivity index (χ1n) is 6.62. The van der Waals surface area contributed by atoms with Crippen molar-refractivity contribution in [2.45, 2.75) is 13.3 Å². The number of hydrogen-bond acceptors (Lipinski definition) is 3. The molecule has 0 atom stereocenters. The molecule has 6 heteroatoms. The maximum absolute atomic E-state index is 14.1. The molecule has 0 N–H and O–H groups in total. The number of Topliss-reactive ketones (excluding diaryl/α,β-unsaturated/α-hetero) is 1. The molecule has 1 aliphatic heterocycles. The lowest BCUT2D eigenvalue weighted by Crippen LogP contribution is -2.32. The lowest BCUT2D eigenvalue weighted by molar-refractivity contribution is -0.114. The smallest absolute Gasteiger partial charge is 0.299 e. The highest BCUT2D eigenvalue weighted by Crippen LogP contribution is 2.32. The second kappa shape index (κ2) is 4.80. The summed E-state index contributed by atoms with van der Waals surface area (Å²) in [6, 6.07) is 4.72. The zero-order chi connectivity index (χ0) is 15.1. The Morgan fingerprint density at radius 2 is 2.05 bits per heavy atom. The van der Waals surface area contributed by atoms with Crippen molar-refractivity contribution in [3.63, 3.8) is 0 Å². The third-order valence-electron chi connectivity index (χ3n) is 3.68. The Morgan fingerprint density at radius 3 is 2.71 bits per heavy atom.